The summed E-state index contributed by atoms with van der Waals surface area (Å²) in [5.74, 6) is 0.118. The van der Waals surface area contributed by atoms with Gasteiger partial charge in [-0.3, -0.25) is 4.79 Å². The lowest BCUT2D eigenvalue weighted by Gasteiger charge is -2.09. The number of hydrogen-bond donors (Lipinski definition) is 1. The number of nitrogens with zero attached hydrogens (tertiary/aromatic N) is 4. The van der Waals surface area contributed by atoms with E-state index >= 15 is 0 Å². The number of amides is 1. The van der Waals surface area contributed by atoms with E-state index < -0.39 is 0 Å². The maximum absolute atomic E-state index is 12.2. The van der Waals surface area contributed by atoms with Crippen molar-refractivity contribution in [3.63, 3.8) is 0 Å². The standard InChI is InChI=1S/C18H18BrN5OS/c1-11-4-7-16(13(3)8-11)24-18(21-22-23-24)26-10-17(25)20-14-5-6-15(19)12(2)9-14/h4-9H,10H2,1-3H3,(H,20,25). The molecule has 0 unspecified atom stereocenters. The zero-order chi connectivity index (χ0) is 18.7. The Labute approximate surface area is 164 Å². The quantitative estimate of drug-likeness (QED) is 0.616. The van der Waals surface area contributed by atoms with Gasteiger partial charge in [-0.05, 0) is 66.6 Å². The number of anilines is 1. The van der Waals surface area contributed by atoms with Crippen LogP contribution in [0.4, 0.5) is 5.69 Å². The molecule has 0 radical (unpaired) electrons. The molecule has 0 spiro atoms. The van der Waals surface area contributed by atoms with Crippen molar-refractivity contribution in [2.24, 2.45) is 0 Å². The summed E-state index contributed by atoms with van der Waals surface area (Å²) < 4.78 is 2.67. The fraction of sp³-hybridized carbons (Fsp3) is 0.222. The van der Waals surface area contributed by atoms with Crippen LogP contribution in [0.3, 0.4) is 0 Å². The highest BCUT2D eigenvalue weighted by molar-refractivity contribution is 9.10. The first-order valence-corrected chi connectivity index (χ1v) is 9.76. The summed E-state index contributed by atoms with van der Waals surface area (Å²) in [5.41, 5.74) is 5.00. The molecule has 0 saturated carbocycles. The average molecular weight is 432 g/mol. The molecule has 0 aliphatic rings. The van der Waals surface area contributed by atoms with Crippen LogP contribution < -0.4 is 5.32 Å². The molecule has 1 aromatic heterocycles. The highest BCUT2D eigenvalue weighted by atomic mass is 79.9. The summed E-state index contributed by atoms with van der Waals surface area (Å²) in [5, 5.41) is 15.3. The lowest BCUT2D eigenvalue weighted by Crippen LogP contribution is -2.14. The Morgan fingerprint density at radius 3 is 2.69 bits per heavy atom. The first kappa shape index (κ1) is 18.6. The van der Waals surface area contributed by atoms with Gasteiger partial charge in [-0.25, -0.2) is 0 Å². The number of thioether (sulfide) groups is 1. The highest BCUT2D eigenvalue weighted by Crippen LogP contribution is 2.23. The second-order valence-corrected chi connectivity index (χ2v) is 7.76. The number of benzene rings is 2. The molecular weight excluding hydrogens is 414 g/mol. The van der Waals surface area contributed by atoms with Gasteiger partial charge in [0.15, 0.2) is 0 Å². The summed E-state index contributed by atoms with van der Waals surface area (Å²) >= 11 is 4.75. The lowest BCUT2D eigenvalue weighted by atomic mass is 10.1. The van der Waals surface area contributed by atoms with E-state index in [1.54, 1.807) is 4.68 Å². The topological polar surface area (TPSA) is 72.7 Å². The van der Waals surface area contributed by atoms with Crippen molar-refractivity contribution in [3.8, 4) is 5.69 Å². The summed E-state index contributed by atoms with van der Waals surface area (Å²) in [7, 11) is 0. The predicted molar refractivity (Wildman–Crippen MR) is 107 cm³/mol. The summed E-state index contributed by atoms with van der Waals surface area (Å²) in [6.07, 6.45) is 0. The van der Waals surface area contributed by atoms with E-state index in [1.165, 1.54) is 17.3 Å². The van der Waals surface area contributed by atoms with E-state index in [1.807, 2.05) is 51.1 Å². The van der Waals surface area contributed by atoms with E-state index in [4.69, 9.17) is 0 Å². The molecule has 1 heterocycles. The summed E-state index contributed by atoms with van der Waals surface area (Å²) in [6, 6.07) is 11.8. The highest BCUT2D eigenvalue weighted by Gasteiger charge is 2.13. The molecule has 0 fully saturated rings. The minimum absolute atomic E-state index is 0.105. The molecule has 0 atom stereocenters. The third-order valence-corrected chi connectivity index (χ3v) is 5.60. The van der Waals surface area contributed by atoms with Crippen molar-refractivity contribution in [2.75, 3.05) is 11.1 Å². The second kappa shape index (κ2) is 8.01. The number of aromatic nitrogens is 4. The first-order valence-electron chi connectivity index (χ1n) is 7.99. The molecule has 1 amide bonds. The Balaban J connectivity index is 1.68. The molecule has 0 aliphatic carbocycles. The summed E-state index contributed by atoms with van der Waals surface area (Å²) in [6.45, 7) is 6.04. The Bertz CT molecular complexity index is 957. The molecule has 2 aromatic carbocycles. The van der Waals surface area contributed by atoms with Gasteiger partial charge in [0.1, 0.15) is 0 Å². The average Bonchev–Trinajstić information content (AvgIpc) is 3.05. The molecule has 8 heteroatoms. The Morgan fingerprint density at radius 1 is 1.15 bits per heavy atom. The van der Waals surface area contributed by atoms with Crippen LogP contribution in [0, 0.1) is 20.8 Å². The zero-order valence-corrected chi connectivity index (χ0v) is 17.1. The third-order valence-electron chi connectivity index (χ3n) is 3.80. The summed E-state index contributed by atoms with van der Waals surface area (Å²) in [4.78, 5) is 12.2. The Hall–Kier alpha value is -2.19. The lowest BCUT2D eigenvalue weighted by molar-refractivity contribution is -0.113. The van der Waals surface area contributed by atoms with Crippen molar-refractivity contribution in [1.82, 2.24) is 20.2 Å². The number of tetrazole rings is 1. The van der Waals surface area contributed by atoms with Crippen molar-refractivity contribution in [1.29, 1.82) is 0 Å². The molecule has 6 nitrogen and oxygen atoms in total. The minimum Gasteiger partial charge on any atom is -0.325 e. The second-order valence-electron chi connectivity index (χ2n) is 5.96. The zero-order valence-electron chi connectivity index (χ0n) is 14.7. The molecule has 0 saturated heterocycles. The SMILES string of the molecule is Cc1ccc(-n2nnnc2SCC(=O)Nc2ccc(Br)c(C)c2)c(C)c1. The third kappa shape index (κ3) is 4.31. The van der Waals surface area contributed by atoms with Crippen LogP contribution in [0.15, 0.2) is 46.0 Å². The largest absolute Gasteiger partial charge is 0.325 e. The number of aryl methyl sites for hydroxylation is 3. The molecule has 3 rings (SSSR count). The molecule has 1 N–H and O–H groups in total. The van der Waals surface area contributed by atoms with E-state index in [9.17, 15) is 4.79 Å². The number of rotatable bonds is 5. The van der Waals surface area contributed by atoms with Gasteiger partial charge < -0.3 is 5.32 Å². The van der Waals surface area contributed by atoms with E-state index in [-0.39, 0.29) is 11.7 Å². The number of hydrogen-bond acceptors (Lipinski definition) is 5. The Morgan fingerprint density at radius 2 is 1.96 bits per heavy atom. The number of carbonyl (C=O) groups is 1. The number of carbonyl (C=O) groups excluding carboxylic acids is 1. The molecule has 0 aliphatic heterocycles. The molecular formula is C18H18BrN5OS. The van der Waals surface area contributed by atoms with Gasteiger partial charge in [-0.2, -0.15) is 4.68 Å². The molecule has 26 heavy (non-hydrogen) atoms. The van der Waals surface area contributed by atoms with Crippen LogP contribution in [0.5, 0.6) is 0 Å². The van der Waals surface area contributed by atoms with Crippen LogP contribution in [0.1, 0.15) is 16.7 Å². The maximum Gasteiger partial charge on any atom is 0.234 e. The van der Waals surface area contributed by atoms with Crippen molar-refractivity contribution in [3.05, 3.63) is 57.6 Å². The monoisotopic (exact) mass is 431 g/mol. The van der Waals surface area contributed by atoms with Crippen LogP contribution in [0.25, 0.3) is 5.69 Å². The number of nitrogens with one attached hydrogen (secondary N) is 1. The van der Waals surface area contributed by atoms with Crippen LogP contribution in [-0.2, 0) is 4.79 Å². The smallest absolute Gasteiger partial charge is 0.234 e. The van der Waals surface area contributed by atoms with Gasteiger partial charge in [0.2, 0.25) is 11.1 Å². The fourth-order valence-electron chi connectivity index (χ4n) is 2.51. The van der Waals surface area contributed by atoms with Crippen molar-refractivity contribution in [2.45, 2.75) is 25.9 Å². The predicted octanol–water partition coefficient (Wildman–Crippen LogP) is 4.08. The van der Waals surface area contributed by atoms with Crippen molar-refractivity contribution >= 4 is 39.3 Å². The van der Waals surface area contributed by atoms with Crippen LogP contribution in [-0.4, -0.2) is 31.9 Å². The van der Waals surface area contributed by atoms with E-state index in [2.05, 4.69) is 42.8 Å². The molecule has 3 aromatic rings. The van der Waals surface area contributed by atoms with Gasteiger partial charge in [-0.1, -0.05) is 45.4 Å². The van der Waals surface area contributed by atoms with Crippen LogP contribution in [0.2, 0.25) is 0 Å². The van der Waals surface area contributed by atoms with Crippen molar-refractivity contribution < 1.29 is 4.79 Å². The van der Waals surface area contributed by atoms with Crippen LogP contribution >= 0.6 is 27.7 Å². The first-order chi connectivity index (χ1) is 12.4. The van der Waals surface area contributed by atoms with E-state index in [0.717, 1.165) is 27.0 Å². The fourth-order valence-corrected chi connectivity index (χ4v) is 3.44. The van der Waals surface area contributed by atoms with Gasteiger partial charge in [0.05, 0.1) is 11.4 Å². The van der Waals surface area contributed by atoms with Gasteiger partial charge in [0.25, 0.3) is 0 Å². The maximum atomic E-state index is 12.2. The Kier molecular flexibility index (Phi) is 5.73. The normalized spacial score (nSPS) is 10.8. The van der Waals surface area contributed by atoms with Gasteiger partial charge >= 0.3 is 0 Å². The van der Waals surface area contributed by atoms with Gasteiger partial charge in [0, 0.05) is 10.2 Å². The molecule has 0 bridgehead atoms. The molecule has 134 valence electrons. The van der Waals surface area contributed by atoms with E-state index in [0.29, 0.717) is 5.16 Å². The minimum atomic E-state index is -0.105. The number of halogens is 1. The van der Waals surface area contributed by atoms with Gasteiger partial charge in [-0.15, -0.1) is 5.10 Å².